The van der Waals surface area contributed by atoms with Gasteiger partial charge in [-0.05, 0) is 72.8 Å². The standard InChI is InChI=1S/C19H13ClO2S/c20-15-5-1-13(2-6-15)19(22)14-3-9-17(10-4-14)23-18-11-7-16(21)8-12-18/h1-12,21H. The van der Waals surface area contributed by atoms with E-state index < -0.39 is 0 Å². The van der Waals surface area contributed by atoms with Crippen LogP contribution >= 0.6 is 23.4 Å². The van der Waals surface area contributed by atoms with E-state index in [2.05, 4.69) is 0 Å². The molecule has 0 amide bonds. The lowest BCUT2D eigenvalue weighted by molar-refractivity contribution is 0.103. The zero-order valence-corrected chi connectivity index (χ0v) is 13.6. The summed E-state index contributed by atoms with van der Waals surface area (Å²) in [6.45, 7) is 0. The molecule has 3 aromatic carbocycles. The van der Waals surface area contributed by atoms with Gasteiger partial charge < -0.3 is 5.11 Å². The Morgan fingerprint density at radius 2 is 1.17 bits per heavy atom. The lowest BCUT2D eigenvalue weighted by atomic mass is 10.0. The van der Waals surface area contributed by atoms with Gasteiger partial charge in [0.2, 0.25) is 0 Å². The summed E-state index contributed by atoms with van der Waals surface area (Å²) in [5.41, 5.74) is 1.26. The van der Waals surface area contributed by atoms with Gasteiger partial charge >= 0.3 is 0 Å². The molecular weight excluding hydrogens is 328 g/mol. The molecule has 0 heterocycles. The highest BCUT2D eigenvalue weighted by atomic mass is 35.5. The average molecular weight is 341 g/mol. The van der Waals surface area contributed by atoms with Crippen LogP contribution in [0.25, 0.3) is 0 Å². The normalized spacial score (nSPS) is 10.5. The van der Waals surface area contributed by atoms with Crippen LogP contribution in [-0.4, -0.2) is 10.9 Å². The highest BCUT2D eigenvalue weighted by Gasteiger charge is 2.09. The number of ketones is 1. The summed E-state index contributed by atoms with van der Waals surface area (Å²) < 4.78 is 0. The van der Waals surface area contributed by atoms with Crippen molar-refractivity contribution in [2.45, 2.75) is 9.79 Å². The monoisotopic (exact) mass is 340 g/mol. The molecule has 0 aromatic heterocycles. The number of aromatic hydroxyl groups is 1. The van der Waals surface area contributed by atoms with Crippen molar-refractivity contribution in [3.8, 4) is 5.75 Å². The summed E-state index contributed by atoms with van der Waals surface area (Å²) in [7, 11) is 0. The Balaban J connectivity index is 1.75. The van der Waals surface area contributed by atoms with Crippen molar-refractivity contribution in [2.24, 2.45) is 0 Å². The summed E-state index contributed by atoms with van der Waals surface area (Å²) in [6.07, 6.45) is 0. The fourth-order valence-corrected chi connectivity index (χ4v) is 3.04. The van der Waals surface area contributed by atoms with Crippen molar-refractivity contribution in [3.05, 3.63) is 88.9 Å². The Morgan fingerprint density at radius 1 is 0.739 bits per heavy atom. The molecule has 4 heteroatoms. The van der Waals surface area contributed by atoms with Gasteiger partial charge in [-0.25, -0.2) is 0 Å². The Bertz CT molecular complexity index is 809. The van der Waals surface area contributed by atoms with E-state index in [0.29, 0.717) is 16.1 Å². The van der Waals surface area contributed by atoms with Gasteiger partial charge in [-0.2, -0.15) is 0 Å². The molecule has 3 aromatic rings. The predicted molar refractivity (Wildman–Crippen MR) is 93.6 cm³/mol. The number of phenolic OH excluding ortho intramolecular Hbond substituents is 1. The Morgan fingerprint density at radius 3 is 1.70 bits per heavy atom. The first-order chi connectivity index (χ1) is 11.1. The summed E-state index contributed by atoms with van der Waals surface area (Å²) in [5.74, 6) is 0.223. The fraction of sp³-hybridized carbons (Fsp3) is 0. The van der Waals surface area contributed by atoms with Crippen molar-refractivity contribution < 1.29 is 9.90 Å². The molecule has 114 valence electrons. The SMILES string of the molecule is O=C(c1ccc(Cl)cc1)c1ccc(Sc2ccc(O)cc2)cc1. The van der Waals surface area contributed by atoms with Gasteiger partial charge in [0.15, 0.2) is 5.78 Å². The summed E-state index contributed by atoms with van der Waals surface area (Å²) in [6, 6.07) is 21.4. The van der Waals surface area contributed by atoms with Gasteiger partial charge in [0.1, 0.15) is 5.75 Å². The molecule has 0 aliphatic heterocycles. The summed E-state index contributed by atoms with van der Waals surface area (Å²) in [4.78, 5) is 14.4. The van der Waals surface area contributed by atoms with Crippen LogP contribution in [0.3, 0.4) is 0 Å². The highest BCUT2D eigenvalue weighted by Crippen LogP contribution is 2.29. The van der Waals surface area contributed by atoms with Gasteiger partial charge in [-0.3, -0.25) is 4.79 Å². The molecule has 0 saturated carbocycles. The van der Waals surface area contributed by atoms with Crippen molar-refractivity contribution in [2.75, 3.05) is 0 Å². The summed E-state index contributed by atoms with van der Waals surface area (Å²) in [5, 5.41) is 9.90. The molecule has 3 rings (SSSR count). The third kappa shape index (κ3) is 3.95. The average Bonchev–Trinajstić information content (AvgIpc) is 2.58. The molecule has 2 nitrogen and oxygen atoms in total. The molecule has 0 radical (unpaired) electrons. The second-order valence-electron chi connectivity index (χ2n) is 4.96. The Kier molecular flexibility index (Phi) is 4.70. The van der Waals surface area contributed by atoms with Crippen LogP contribution in [0.4, 0.5) is 0 Å². The van der Waals surface area contributed by atoms with Gasteiger partial charge in [0.25, 0.3) is 0 Å². The van der Waals surface area contributed by atoms with E-state index in [4.69, 9.17) is 11.6 Å². The van der Waals surface area contributed by atoms with Crippen LogP contribution in [0.15, 0.2) is 82.6 Å². The fourth-order valence-electron chi connectivity index (χ4n) is 2.09. The van der Waals surface area contributed by atoms with E-state index in [1.165, 1.54) is 0 Å². The second kappa shape index (κ2) is 6.90. The maximum Gasteiger partial charge on any atom is 0.193 e. The molecule has 0 saturated heterocycles. The minimum Gasteiger partial charge on any atom is -0.508 e. The zero-order chi connectivity index (χ0) is 16.2. The van der Waals surface area contributed by atoms with Crippen molar-refractivity contribution in [1.82, 2.24) is 0 Å². The molecule has 0 fully saturated rings. The smallest absolute Gasteiger partial charge is 0.193 e. The van der Waals surface area contributed by atoms with E-state index in [-0.39, 0.29) is 11.5 Å². The first-order valence-electron chi connectivity index (χ1n) is 6.99. The number of rotatable bonds is 4. The number of hydrogen-bond donors (Lipinski definition) is 1. The molecule has 1 N–H and O–H groups in total. The second-order valence-corrected chi connectivity index (χ2v) is 6.54. The molecule has 23 heavy (non-hydrogen) atoms. The molecule has 0 aliphatic rings. The van der Waals surface area contributed by atoms with Crippen LogP contribution in [0.5, 0.6) is 5.75 Å². The number of carbonyl (C=O) groups is 1. The van der Waals surface area contributed by atoms with Gasteiger partial charge in [-0.1, -0.05) is 23.4 Å². The molecule has 0 bridgehead atoms. The molecule has 0 spiro atoms. The van der Waals surface area contributed by atoms with Gasteiger partial charge in [0, 0.05) is 25.9 Å². The topological polar surface area (TPSA) is 37.3 Å². The summed E-state index contributed by atoms with van der Waals surface area (Å²) >= 11 is 7.41. The lowest BCUT2D eigenvalue weighted by Crippen LogP contribution is -2.00. The third-order valence-corrected chi connectivity index (χ3v) is 4.56. The van der Waals surface area contributed by atoms with E-state index in [1.807, 2.05) is 36.4 Å². The minimum atomic E-state index is -0.0251. The van der Waals surface area contributed by atoms with Crippen LogP contribution < -0.4 is 0 Å². The third-order valence-electron chi connectivity index (χ3n) is 3.30. The van der Waals surface area contributed by atoms with Crippen molar-refractivity contribution in [1.29, 1.82) is 0 Å². The van der Waals surface area contributed by atoms with Crippen LogP contribution in [0.1, 0.15) is 15.9 Å². The number of phenols is 1. The number of benzene rings is 3. The van der Waals surface area contributed by atoms with Crippen LogP contribution in [0, 0.1) is 0 Å². The van der Waals surface area contributed by atoms with E-state index in [9.17, 15) is 9.90 Å². The molecular formula is C19H13ClO2S. The highest BCUT2D eigenvalue weighted by molar-refractivity contribution is 7.99. The Hall–Kier alpha value is -2.23. The van der Waals surface area contributed by atoms with Crippen molar-refractivity contribution >= 4 is 29.1 Å². The quantitative estimate of drug-likeness (QED) is 0.643. The van der Waals surface area contributed by atoms with E-state index >= 15 is 0 Å². The molecule has 0 unspecified atom stereocenters. The maximum absolute atomic E-state index is 12.4. The van der Waals surface area contributed by atoms with Gasteiger partial charge in [0.05, 0.1) is 0 Å². The largest absolute Gasteiger partial charge is 0.508 e. The Labute approximate surface area is 143 Å². The van der Waals surface area contributed by atoms with E-state index in [0.717, 1.165) is 9.79 Å². The van der Waals surface area contributed by atoms with Crippen LogP contribution in [-0.2, 0) is 0 Å². The number of carbonyl (C=O) groups excluding carboxylic acids is 1. The molecule has 0 aliphatic carbocycles. The van der Waals surface area contributed by atoms with Crippen LogP contribution in [0.2, 0.25) is 5.02 Å². The predicted octanol–water partition coefficient (Wildman–Crippen LogP) is 5.43. The first-order valence-corrected chi connectivity index (χ1v) is 8.18. The first kappa shape index (κ1) is 15.7. The van der Waals surface area contributed by atoms with Gasteiger partial charge in [-0.15, -0.1) is 0 Å². The number of halogens is 1. The lowest BCUT2D eigenvalue weighted by Gasteiger charge is -2.05. The maximum atomic E-state index is 12.4. The van der Waals surface area contributed by atoms with E-state index in [1.54, 1.807) is 48.2 Å². The van der Waals surface area contributed by atoms with Crippen molar-refractivity contribution in [3.63, 3.8) is 0 Å². The minimum absolute atomic E-state index is 0.0251. The zero-order valence-electron chi connectivity index (χ0n) is 12.1. The molecule has 0 atom stereocenters. The number of hydrogen-bond acceptors (Lipinski definition) is 3.